The molecule has 0 unspecified atom stereocenters. The van der Waals surface area contributed by atoms with E-state index < -0.39 is 6.04 Å². The minimum Gasteiger partial charge on any atom is -0.508 e. The van der Waals surface area contributed by atoms with Gasteiger partial charge in [0.2, 0.25) is 11.8 Å². The molecule has 1 saturated carbocycles. The number of nitrogens with two attached hydrogens (primary N) is 1. The number of amidine groups is 1. The van der Waals surface area contributed by atoms with E-state index in [0.29, 0.717) is 30.1 Å². The number of hydrogen-bond donors (Lipinski definition) is 5. The van der Waals surface area contributed by atoms with Crippen molar-refractivity contribution >= 4 is 17.6 Å². The van der Waals surface area contributed by atoms with Gasteiger partial charge in [-0.05, 0) is 31.7 Å². The van der Waals surface area contributed by atoms with Crippen molar-refractivity contribution in [1.82, 2.24) is 15.5 Å². The van der Waals surface area contributed by atoms with Crippen molar-refractivity contribution in [2.45, 2.75) is 63.6 Å². The van der Waals surface area contributed by atoms with Crippen LogP contribution in [-0.4, -0.2) is 52.8 Å². The Bertz CT molecular complexity index is 761. The van der Waals surface area contributed by atoms with E-state index in [4.69, 9.17) is 11.1 Å². The summed E-state index contributed by atoms with van der Waals surface area (Å²) < 4.78 is 0. The molecule has 1 aliphatic heterocycles. The maximum Gasteiger partial charge on any atom is 0.243 e. The number of phenols is 1. The number of hydrogen-bond acceptors (Lipinski definition) is 5. The molecule has 1 aromatic rings. The Morgan fingerprint density at radius 3 is 2.62 bits per heavy atom. The highest BCUT2D eigenvalue weighted by atomic mass is 16.3. The minimum absolute atomic E-state index is 0.0194. The SMILES string of the molecule is N=C(N)c1ccc(CNC(=O)[C@@H]2CCCN2C(=O)CNC2CCCCC2)c(O)c1. The zero-order chi connectivity index (χ0) is 20.8. The van der Waals surface area contributed by atoms with Crippen LogP contribution in [0.2, 0.25) is 0 Å². The Morgan fingerprint density at radius 2 is 1.93 bits per heavy atom. The number of nitrogens with one attached hydrogen (secondary N) is 3. The summed E-state index contributed by atoms with van der Waals surface area (Å²) in [5, 5.41) is 23.7. The Balaban J connectivity index is 1.51. The van der Waals surface area contributed by atoms with Crippen molar-refractivity contribution in [2.75, 3.05) is 13.1 Å². The van der Waals surface area contributed by atoms with Gasteiger partial charge in [0.1, 0.15) is 17.6 Å². The lowest BCUT2D eigenvalue weighted by Crippen LogP contribution is -2.49. The molecule has 8 heteroatoms. The van der Waals surface area contributed by atoms with Crippen molar-refractivity contribution in [3.8, 4) is 5.75 Å². The molecule has 3 rings (SSSR count). The number of amides is 2. The van der Waals surface area contributed by atoms with Crippen molar-refractivity contribution in [1.29, 1.82) is 5.41 Å². The van der Waals surface area contributed by atoms with E-state index in [1.54, 1.807) is 17.0 Å². The number of nitrogen functional groups attached to an aromatic ring is 1. The summed E-state index contributed by atoms with van der Waals surface area (Å²) in [6.07, 6.45) is 7.38. The van der Waals surface area contributed by atoms with Gasteiger partial charge < -0.3 is 26.4 Å². The first-order valence-electron chi connectivity index (χ1n) is 10.4. The molecule has 0 aromatic heterocycles. The van der Waals surface area contributed by atoms with E-state index in [1.807, 2.05) is 0 Å². The predicted molar refractivity (Wildman–Crippen MR) is 111 cm³/mol. The van der Waals surface area contributed by atoms with Gasteiger partial charge in [-0.2, -0.15) is 0 Å². The molecule has 0 bridgehead atoms. The average Bonchev–Trinajstić information content (AvgIpc) is 3.21. The summed E-state index contributed by atoms with van der Waals surface area (Å²) in [5.41, 5.74) is 6.38. The molecule has 1 saturated heterocycles. The van der Waals surface area contributed by atoms with Gasteiger partial charge in [0.15, 0.2) is 0 Å². The Hall–Kier alpha value is -2.61. The number of carbonyl (C=O) groups excluding carboxylic acids is 2. The molecule has 0 spiro atoms. The molecule has 1 aliphatic carbocycles. The first-order chi connectivity index (χ1) is 14.0. The minimum atomic E-state index is -0.464. The molecule has 0 radical (unpaired) electrons. The zero-order valence-electron chi connectivity index (χ0n) is 16.7. The number of nitrogens with zero attached hydrogens (tertiary/aromatic N) is 1. The maximum absolute atomic E-state index is 12.7. The van der Waals surface area contributed by atoms with Crippen LogP contribution in [0.15, 0.2) is 18.2 Å². The number of likely N-dealkylation sites (tertiary alicyclic amines) is 1. The summed E-state index contributed by atoms with van der Waals surface area (Å²) in [5.74, 6) is -0.377. The van der Waals surface area contributed by atoms with Gasteiger partial charge in [0.05, 0.1) is 6.54 Å². The monoisotopic (exact) mass is 401 g/mol. The maximum atomic E-state index is 12.7. The smallest absolute Gasteiger partial charge is 0.243 e. The Kier molecular flexibility index (Phi) is 7.09. The molecule has 1 heterocycles. The Labute approximate surface area is 171 Å². The van der Waals surface area contributed by atoms with Crippen LogP contribution in [0, 0.1) is 5.41 Å². The van der Waals surface area contributed by atoms with Crippen LogP contribution < -0.4 is 16.4 Å². The molecule has 158 valence electrons. The molecule has 29 heavy (non-hydrogen) atoms. The van der Waals surface area contributed by atoms with E-state index in [9.17, 15) is 14.7 Å². The van der Waals surface area contributed by atoms with Gasteiger partial charge in [0, 0.05) is 30.3 Å². The molecule has 2 fully saturated rings. The van der Waals surface area contributed by atoms with Crippen LogP contribution in [0.5, 0.6) is 5.75 Å². The van der Waals surface area contributed by atoms with Crippen LogP contribution in [0.1, 0.15) is 56.1 Å². The van der Waals surface area contributed by atoms with Gasteiger partial charge in [-0.3, -0.25) is 15.0 Å². The topological polar surface area (TPSA) is 132 Å². The molecule has 8 nitrogen and oxygen atoms in total. The summed E-state index contributed by atoms with van der Waals surface area (Å²) in [6.45, 7) is 1.03. The highest BCUT2D eigenvalue weighted by Gasteiger charge is 2.34. The second-order valence-corrected chi connectivity index (χ2v) is 7.94. The summed E-state index contributed by atoms with van der Waals surface area (Å²) in [7, 11) is 0. The predicted octanol–water partition coefficient (Wildman–Crippen LogP) is 1.21. The fraction of sp³-hybridized carbons (Fsp3) is 0.571. The van der Waals surface area contributed by atoms with Gasteiger partial charge in [-0.25, -0.2) is 0 Å². The lowest BCUT2D eigenvalue weighted by atomic mass is 9.95. The third-order valence-corrected chi connectivity index (χ3v) is 5.87. The standard InChI is InChI=1S/C21H31N5O3/c22-20(23)14-8-9-15(18(27)11-14)12-25-21(29)17-7-4-10-26(17)19(28)13-24-16-5-2-1-3-6-16/h8-9,11,16-17,24,27H,1-7,10,12-13H2,(H3,22,23)(H,25,29)/t17-/m0/s1. The number of carbonyl (C=O) groups is 2. The number of benzene rings is 1. The van der Waals surface area contributed by atoms with E-state index in [-0.39, 0.29) is 36.5 Å². The van der Waals surface area contributed by atoms with Gasteiger partial charge in [0.25, 0.3) is 0 Å². The zero-order valence-corrected chi connectivity index (χ0v) is 16.7. The fourth-order valence-corrected chi connectivity index (χ4v) is 4.16. The van der Waals surface area contributed by atoms with Crippen LogP contribution in [0.25, 0.3) is 0 Å². The first-order valence-corrected chi connectivity index (χ1v) is 10.4. The van der Waals surface area contributed by atoms with Crippen LogP contribution >= 0.6 is 0 Å². The molecule has 6 N–H and O–H groups in total. The van der Waals surface area contributed by atoms with E-state index in [0.717, 1.165) is 19.3 Å². The summed E-state index contributed by atoms with van der Waals surface area (Å²) in [6, 6.07) is 4.62. The highest BCUT2D eigenvalue weighted by Crippen LogP contribution is 2.21. The lowest BCUT2D eigenvalue weighted by Gasteiger charge is -2.27. The highest BCUT2D eigenvalue weighted by molar-refractivity contribution is 5.95. The van der Waals surface area contributed by atoms with Crippen LogP contribution in [0.3, 0.4) is 0 Å². The van der Waals surface area contributed by atoms with E-state index >= 15 is 0 Å². The van der Waals surface area contributed by atoms with Gasteiger partial charge in [-0.15, -0.1) is 0 Å². The Morgan fingerprint density at radius 1 is 1.17 bits per heavy atom. The molecular formula is C21H31N5O3. The van der Waals surface area contributed by atoms with Crippen molar-refractivity contribution < 1.29 is 14.7 Å². The molecule has 2 aliphatic rings. The second kappa shape index (κ2) is 9.73. The van der Waals surface area contributed by atoms with Crippen LogP contribution in [-0.2, 0) is 16.1 Å². The molecular weight excluding hydrogens is 370 g/mol. The summed E-state index contributed by atoms with van der Waals surface area (Å²) in [4.78, 5) is 27.0. The first kappa shape index (κ1) is 21.1. The number of phenolic OH excluding ortho intramolecular Hbond substituents is 1. The lowest BCUT2D eigenvalue weighted by molar-refractivity contribution is -0.138. The number of aromatic hydroxyl groups is 1. The third kappa shape index (κ3) is 5.47. The fourth-order valence-electron chi connectivity index (χ4n) is 4.16. The van der Waals surface area contributed by atoms with Gasteiger partial charge >= 0.3 is 0 Å². The van der Waals surface area contributed by atoms with E-state index in [2.05, 4.69) is 10.6 Å². The quantitative estimate of drug-likeness (QED) is 0.346. The average molecular weight is 402 g/mol. The van der Waals surface area contributed by atoms with Gasteiger partial charge in [-0.1, -0.05) is 31.4 Å². The largest absolute Gasteiger partial charge is 0.508 e. The van der Waals surface area contributed by atoms with Crippen molar-refractivity contribution in [2.24, 2.45) is 5.73 Å². The second-order valence-electron chi connectivity index (χ2n) is 7.94. The molecule has 1 aromatic carbocycles. The normalized spacial score (nSPS) is 19.9. The van der Waals surface area contributed by atoms with Crippen LogP contribution in [0.4, 0.5) is 0 Å². The van der Waals surface area contributed by atoms with Crippen molar-refractivity contribution in [3.63, 3.8) is 0 Å². The third-order valence-electron chi connectivity index (χ3n) is 5.87. The number of rotatable bonds is 7. The molecule has 2 amide bonds. The summed E-state index contributed by atoms with van der Waals surface area (Å²) >= 11 is 0. The van der Waals surface area contributed by atoms with E-state index in [1.165, 1.54) is 25.3 Å². The van der Waals surface area contributed by atoms with Crippen molar-refractivity contribution in [3.05, 3.63) is 29.3 Å². The molecule has 1 atom stereocenters.